The summed E-state index contributed by atoms with van der Waals surface area (Å²) in [6, 6.07) is 20.0. The van der Waals surface area contributed by atoms with Crippen LogP contribution in [0.3, 0.4) is 0 Å². The van der Waals surface area contributed by atoms with Gasteiger partial charge in [0.15, 0.2) is 17.3 Å². The van der Waals surface area contributed by atoms with E-state index in [0.29, 0.717) is 29.4 Å². The minimum atomic E-state index is -3.77. The Kier molecular flexibility index (Phi) is 4.98. The molecule has 7 heteroatoms. The van der Waals surface area contributed by atoms with E-state index in [1.165, 1.54) is 6.07 Å². The first kappa shape index (κ1) is 19.0. The highest BCUT2D eigenvalue weighted by atomic mass is 32.2. The van der Waals surface area contributed by atoms with Crippen LogP contribution in [0, 0.1) is 6.92 Å². The molecule has 29 heavy (non-hydrogen) atoms. The maximum Gasteiger partial charge on any atom is 0.286 e. The van der Waals surface area contributed by atoms with Gasteiger partial charge in [-0.2, -0.15) is 8.42 Å². The zero-order chi connectivity index (χ0) is 20.4. The molecule has 1 N–H and O–H groups in total. The summed E-state index contributed by atoms with van der Waals surface area (Å²) in [7, 11) is -2.22. The van der Waals surface area contributed by atoms with Crippen molar-refractivity contribution in [2.45, 2.75) is 18.4 Å². The molecule has 1 aliphatic heterocycles. The first-order chi connectivity index (χ1) is 14.0. The van der Waals surface area contributed by atoms with Crippen molar-refractivity contribution in [1.29, 1.82) is 0 Å². The van der Waals surface area contributed by atoms with E-state index in [1.54, 1.807) is 43.5 Å². The van der Waals surface area contributed by atoms with Crippen LogP contribution < -0.4 is 14.8 Å². The fraction of sp³-hybridized carbons (Fsp3) is 0.136. The van der Waals surface area contributed by atoms with Gasteiger partial charge >= 0.3 is 0 Å². The van der Waals surface area contributed by atoms with Crippen molar-refractivity contribution in [3.05, 3.63) is 83.4 Å². The summed E-state index contributed by atoms with van der Waals surface area (Å²) in [4.78, 5) is 0.161. The predicted molar refractivity (Wildman–Crippen MR) is 112 cm³/mol. The smallest absolute Gasteiger partial charge is 0.286 e. The second kappa shape index (κ2) is 7.60. The Morgan fingerprint density at radius 2 is 1.79 bits per heavy atom. The lowest BCUT2D eigenvalue weighted by Gasteiger charge is -2.19. The quantitative estimate of drug-likeness (QED) is 0.686. The molecule has 0 atom stereocenters. The third-order valence-corrected chi connectivity index (χ3v) is 5.88. The molecule has 0 spiro atoms. The number of rotatable bonds is 5. The number of hydrogen-bond donors (Lipinski definition) is 1. The summed E-state index contributed by atoms with van der Waals surface area (Å²) in [5.74, 6) is 1.31. The lowest BCUT2D eigenvalue weighted by molar-refractivity contribution is 0.284. The Bertz CT molecular complexity index is 1200. The monoisotopic (exact) mass is 408 g/mol. The summed E-state index contributed by atoms with van der Waals surface area (Å²) in [5, 5.41) is 3.08. The number of para-hydroxylation sites is 1. The largest absolute Gasteiger partial charge is 0.493 e. The topological polar surface area (TPSA) is 77.0 Å². The highest BCUT2D eigenvalue weighted by molar-refractivity contribution is 7.90. The maximum absolute atomic E-state index is 12.5. The standard InChI is InChI=1S/C22H20N2O4S/c1-15-6-5-7-16(12-15)14-28-19-11-10-17(13-20(19)27-2)22-23-18-8-3-4-9-21(18)29(25,26)24-22/h3-13H,14H2,1-2H3,(H,23,24). The van der Waals surface area contributed by atoms with Crippen molar-refractivity contribution in [3.63, 3.8) is 0 Å². The van der Waals surface area contributed by atoms with E-state index >= 15 is 0 Å². The molecule has 0 amide bonds. The van der Waals surface area contributed by atoms with Gasteiger partial charge in [-0.25, -0.2) is 0 Å². The zero-order valence-electron chi connectivity index (χ0n) is 16.0. The van der Waals surface area contributed by atoms with Crippen molar-refractivity contribution < 1.29 is 17.9 Å². The average Bonchev–Trinajstić information content (AvgIpc) is 2.71. The van der Waals surface area contributed by atoms with E-state index in [9.17, 15) is 8.42 Å². The summed E-state index contributed by atoms with van der Waals surface area (Å²) in [6.45, 7) is 2.43. The Morgan fingerprint density at radius 1 is 0.966 bits per heavy atom. The van der Waals surface area contributed by atoms with E-state index < -0.39 is 10.0 Å². The summed E-state index contributed by atoms with van der Waals surface area (Å²) < 4.78 is 40.2. The van der Waals surface area contributed by atoms with Crippen molar-refractivity contribution in [2.75, 3.05) is 12.4 Å². The maximum atomic E-state index is 12.5. The molecule has 0 aromatic heterocycles. The molecule has 1 aliphatic rings. The fourth-order valence-electron chi connectivity index (χ4n) is 3.14. The molecule has 148 valence electrons. The molecule has 4 rings (SSSR count). The highest BCUT2D eigenvalue weighted by Gasteiger charge is 2.25. The van der Waals surface area contributed by atoms with E-state index in [4.69, 9.17) is 9.47 Å². The zero-order valence-corrected chi connectivity index (χ0v) is 16.9. The molecular weight excluding hydrogens is 388 g/mol. The Balaban J connectivity index is 1.61. The van der Waals surface area contributed by atoms with Gasteiger partial charge in [0.1, 0.15) is 11.5 Å². The van der Waals surface area contributed by atoms with Gasteiger partial charge in [-0.05, 0) is 42.8 Å². The van der Waals surface area contributed by atoms with E-state index in [-0.39, 0.29) is 10.7 Å². The lowest BCUT2D eigenvalue weighted by Crippen LogP contribution is -2.22. The Hall–Kier alpha value is -3.32. The minimum absolute atomic E-state index is 0.161. The normalized spacial score (nSPS) is 14.3. The summed E-state index contributed by atoms with van der Waals surface area (Å²) >= 11 is 0. The molecule has 0 aliphatic carbocycles. The molecule has 6 nitrogen and oxygen atoms in total. The van der Waals surface area contributed by atoms with Crippen molar-refractivity contribution in [3.8, 4) is 11.5 Å². The van der Waals surface area contributed by atoms with Crippen LogP contribution in [0.1, 0.15) is 16.7 Å². The molecule has 0 saturated heterocycles. The van der Waals surface area contributed by atoms with Gasteiger partial charge in [0.25, 0.3) is 10.0 Å². The van der Waals surface area contributed by atoms with Crippen LogP contribution in [0.2, 0.25) is 0 Å². The molecule has 3 aromatic carbocycles. The van der Waals surface area contributed by atoms with E-state index in [2.05, 4.69) is 15.8 Å². The van der Waals surface area contributed by atoms with Crippen LogP contribution in [0.15, 0.2) is 76.0 Å². The van der Waals surface area contributed by atoms with Gasteiger partial charge in [0.05, 0.1) is 12.8 Å². The van der Waals surface area contributed by atoms with Gasteiger partial charge in [0.2, 0.25) is 0 Å². The number of hydrogen-bond acceptors (Lipinski definition) is 5. The molecule has 0 unspecified atom stereocenters. The number of nitrogens with zero attached hydrogens (tertiary/aromatic N) is 1. The van der Waals surface area contributed by atoms with Gasteiger partial charge < -0.3 is 14.8 Å². The summed E-state index contributed by atoms with van der Waals surface area (Å²) in [6.07, 6.45) is 0. The number of nitrogens with one attached hydrogen (secondary N) is 1. The molecule has 0 fully saturated rings. The molecular formula is C22H20N2O4S. The Morgan fingerprint density at radius 3 is 2.59 bits per heavy atom. The van der Waals surface area contributed by atoms with Crippen LogP contribution in [0.25, 0.3) is 0 Å². The number of sulfonamides is 1. The fourth-order valence-corrected chi connectivity index (χ4v) is 4.27. The van der Waals surface area contributed by atoms with Crippen molar-refractivity contribution in [2.24, 2.45) is 4.40 Å². The first-order valence-corrected chi connectivity index (χ1v) is 10.5. The molecule has 1 heterocycles. The number of benzene rings is 3. The van der Waals surface area contributed by atoms with E-state index in [0.717, 1.165) is 11.1 Å². The van der Waals surface area contributed by atoms with Gasteiger partial charge in [0, 0.05) is 5.56 Å². The summed E-state index contributed by atoms with van der Waals surface area (Å²) in [5.41, 5.74) is 3.30. The van der Waals surface area contributed by atoms with Crippen LogP contribution in [0.4, 0.5) is 5.69 Å². The number of amidine groups is 1. The molecule has 0 saturated carbocycles. The SMILES string of the molecule is COc1cc(C2=NS(=O)(=O)c3ccccc3N2)ccc1OCc1cccc(C)c1. The van der Waals surface area contributed by atoms with Crippen LogP contribution >= 0.6 is 0 Å². The third kappa shape index (κ3) is 3.95. The average molecular weight is 408 g/mol. The third-order valence-electron chi connectivity index (χ3n) is 4.54. The van der Waals surface area contributed by atoms with Crippen molar-refractivity contribution in [1.82, 2.24) is 0 Å². The lowest BCUT2D eigenvalue weighted by atomic mass is 10.1. The van der Waals surface area contributed by atoms with Crippen LogP contribution in [-0.4, -0.2) is 21.4 Å². The second-order valence-electron chi connectivity index (χ2n) is 6.68. The molecule has 3 aromatic rings. The minimum Gasteiger partial charge on any atom is -0.493 e. The number of methoxy groups -OCH3 is 1. The predicted octanol–water partition coefficient (Wildman–Crippen LogP) is 4.14. The van der Waals surface area contributed by atoms with Gasteiger partial charge in [-0.15, -0.1) is 4.40 Å². The Labute approximate surface area is 169 Å². The molecule has 0 bridgehead atoms. The van der Waals surface area contributed by atoms with Gasteiger partial charge in [-0.3, -0.25) is 0 Å². The highest BCUT2D eigenvalue weighted by Crippen LogP contribution is 2.32. The number of fused-ring (bicyclic) bond motifs is 1. The van der Waals surface area contributed by atoms with Crippen molar-refractivity contribution >= 4 is 21.5 Å². The number of aryl methyl sites for hydroxylation is 1. The number of anilines is 1. The van der Waals surface area contributed by atoms with E-state index in [1.807, 2.05) is 25.1 Å². The van der Waals surface area contributed by atoms with Crippen LogP contribution in [-0.2, 0) is 16.6 Å². The van der Waals surface area contributed by atoms with Crippen LogP contribution in [0.5, 0.6) is 11.5 Å². The number of ether oxygens (including phenoxy) is 2. The van der Waals surface area contributed by atoms with Gasteiger partial charge in [-0.1, -0.05) is 42.0 Å². The molecule has 0 radical (unpaired) electrons. The first-order valence-electron chi connectivity index (χ1n) is 9.04. The second-order valence-corrected chi connectivity index (χ2v) is 8.25.